The second kappa shape index (κ2) is 5.08. The topological polar surface area (TPSA) is 69.8 Å². The molecule has 1 spiro atoms. The average Bonchev–Trinajstić information content (AvgIpc) is 2.86. The van der Waals surface area contributed by atoms with Gasteiger partial charge in [0.25, 0.3) is 0 Å². The first-order chi connectivity index (χ1) is 10.3. The van der Waals surface area contributed by atoms with Gasteiger partial charge in [0, 0.05) is 5.41 Å². The average molecular weight is 304 g/mol. The molecule has 1 aliphatic heterocycles. The van der Waals surface area contributed by atoms with Crippen molar-refractivity contribution >= 4 is 5.91 Å². The lowest BCUT2D eigenvalue weighted by molar-refractivity contribution is -0.127. The predicted molar refractivity (Wildman–Crippen MR) is 86.4 cm³/mol. The van der Waals surface area contributed by atoms with Gasteiger partial charge in [-0.25, -0.2) is 0 Å². The van der Waals surface area contributed by atoms with Crippen LogP contribution in [0, 0.1) is 10.8 Å². The summed E-state index contributed by atoms with van der Waals surface area (Å²) in [6.45, 7) is 11.1. The summed E-state index contributed by atoms with van der Waals surface area (Å²) in [6, 6.07) is 2.05. The lowest BCUT2D eigenvalue weighted by Gasteiger charge is -2.27. The molecular weight excluding hydrogens is 276 g/mol. The van der Waals surface area contributed by atoms with Gasteiger partial charge in [-0.05, 0) is 43.8 Å². The lowest BCUT2D eigenvalue weighted by Crippen LogP contribution is -2.38. The molecule has 122 valence electrons. The number of aromatic nitrogens is 2. The molecule has 3 N–H and O–H groups in total. The van der Waals surface area contributed by atoms with Crippen molar-refractivity contribution in [2.24, 2.45) is 10.8 Å². The Hall–Kier alpha value is -1.36. The maximum Gasteiger partial charge on any atom is 0.226 e. The predicted octanol–water partition coefficient (Wildman–Crippen LogP) is 2.10. The fourth-order valence-electron chi connectivity index (χ4n) is 3.79. The van der Waals surface area contributed by atoms with Crippen LogP contribution in [0.3, 0.4) is 0 Å². The van der Waals surface area contributed by atoms with Crippen LogP contribution in [0.5, 0.6) is 0 Å². The molecule has 1 saturated carbocycles. The minimum absolute atomic E-state index is 0.0282. The van der Waals surface area contributed by atoms with Crippen molar-refractivity contribution in [3.05, 3.63) is 17.5 Å². The second-order valence-electron chi connectivity index (χ2n) is 8.25. The van der Waals surface area contributed by atoms with Crippen LogP contribution in [0.4, 0.5) is 0 Å². The molecule has 5 nitrogen and oxygen atoms in total. The molecule has 1 saturated heterocycles. The number of amides is 1. The molecule has 1 aromatic heterocycles. The first-order valence-corrected chi connectivity index (χ1v) is 8.31. The van der Waals surface area contributed by atoms with Gasteiger partial charge in [-0.1, -0.05) is 27.7 Å². The van der Waals surface area contributed by atoms with E-state index in [0.29, 0.717) is 6.54 Å². The summed E-state index contributed by atoms with van der Waals surface area (Å²) in [5, 5.41) is 13.9. The number of rotatable bonds is 3. The minimum atomic E-state index is -0.179. The van der Waals surface area contributed by atoms with Crippen molar-refractivity contribution in [3.8, 4) is 0 Å². The van der Waals surface area contributed by atoms with E-state index in [4.69, 9.17) is 0 Å². The normalized spacial score (nSPS) is 26.9. The van der Waals surface area contributed by atoms with Crippen molar-refractivity contribution in [3.63, 3.8) is 0 Å². The van der Waals surface area contributed by atoms with E-state index in [9.17, 15) is 4.79 Å². The summed E-state index contributed by atoms with van der Waals surface area (Å²) in [5.74, 6) is 0.196. The molecule has 22 heavy (non-hydrogen) atoms. The third kappa shape index (κ3) is 2.56. The lowest BCUT2D eigenvalue weighted by atomic mass is 9.85. The molecule has 1 atom stereocenters. The standard InChI is InChI=1S/C17H28N4O/c1-15(2,3)13-9-12(20-21-13)10-19-14(22)16(4)11-17(16)5-7-18-8-6-17/h9,18H,5-8,10-11H2,1-4H3,(H,19,22)(H,20,21). The molecule has 0 radical (unpaired) electrons. The molecule has 0 bridgehead atoms. The van der Waals surface area contributed by atoms with E-state index in [1.807, 2.05) is 0 Å². The van der Waals surface area contributed by atoms with E-state index in [1.165, 1.54) is 0 Å². The number of hydrogen-bond acceptors (Lipinski definition) is 3. The second-order valence-corrected chi connectivity index (χ2v) is 8.25. The van der Waals surface area contributed by atoms with Crippen LogP contribution in [-0.4, -0.2) is 29.2 Å². The maximum atomic E-state index is 12.6. The minimum Gasteiger partial charge on any atom is -0.350 e. The number of carbonyl (C=O) groups excluding carboxylic acids is 1. The zero-order valence-electron chi connectivity index (χ0n) is 14.2. The molecule has 2 heterocycles. The Bertz CT molecular complexity index is 565. The van der Waals surface area contributed by atoms with Crippen molar-refractivity contribution in [1.29, 1.82) is 0 Å². The Labute approximate surface area is 132 Å². The Balaban J connectivity index is 1.58. The quantitative estimate of drug-likeness (QED) is 0.801. The van der Waals surface area contributed by atoms with Crippen LogP contribution >= 0.6 is 0 Å². The van der Waals surface area contributed by atoms with Crippen molar-refractivity contribution in [1.82, 2.24) is 20.8 Å². The van der Waals surface area contributed by atoms with Gasteiger partial charge in [0.05, 0.1) is 23.3 Å². The number of nitrogens with one attached hydrogen (secondary N) is 3. The number of hydrogen-bond donors (Lipinski definition) is 3. The van der Waals surface area contributed by atoms with E-state index < -0.39 is 0 Å². The zero-order chi connectivity index (χ0) is 16.0. The number of nitrogens with zero attached hydrogens (tertiary/aromatic N) is 1. The summed E-state index contributed by atoms with van der Waals surface area (Å²) in [6.07, 6.45) is 3.27. The number of piperidine rings is 1. The van der Waals surface area contributed by atoms with Crippen LogP contribution in [0.2, 0.25) is 0 Å². The van der Waals surface area contributed by atoms with Crippen LogP contribution in [0.1, 0.15) is 58.3 Å². The highest BCUT2D eigenvalue weighted by atomic mass is 16.2. The Morgan fingerprint density at radius 3 is 2.64 bits per heavy atom. The molecule has 1 aliphatic carbocycles. The fraction of sp³-hybridized carbons (Fsp3) is 0.765. The number of H-pyrrole nitrogens is 1. The smallest absolute Gasteiger partial charge is 0.226 e. The number of carbonyl (C=O) groups is 1. The van der Waals surface area contributed by atoms with Gasteiger partial charge in [0.1, 0.15) is 0 Å². The van der Waals surface area contributed by atoms with E-state index in [-0.39, 0.29) is 22.2 Å². The number of aromatic amines is 1. The first-order valence-electron chi connectivity index (χ1n) is 8.31. The monoisotopic (exact) mass is 304 g/mol. The summed E-state index contributed by atoms with van der Waals surface area (Å²) in [4.78, 5) is 12.6. The van der Waals surface area contributed by atoms with Crippen molar-refractivity contribution in [2.45, 2.75) is 58.9 Å². The molecule has 1 aromatic rings. The van der Waals surface area contributed by atoms with Crippen molar-refractivity contribution in [2.75, 3.05) is 13.1 Å². The third-order valence-corrected chi connectivity index (χ3v) is 5.64. The summed E-state index contributed by atoms with van der Waals surface area (Å²) in [5.41, 5.74) is 2.10. The Morgan fingerprint density at radius 2 is 2.05 bits per heavy atom. The third-order valence-electron chi connectivity index (χ3n) is 5.64. The molecular formula is C17H28N4O. The van der Waals surface area contributed by atoms with Gasteiger partial charge in [0.2, 0.25) is 5.91 Å². The largest absolute Gasteiger partial charge is 0.350 e. The zero-order valence-corrected chi connectivity index (χ0v) is 14.2. The molecule has 3 rings (SSSR count). The van der Waals surface area contributed by atoms with Crippen LogP contribution in [-0.2, 0) is 16.8 Å². The summed E-state index contributed by atoms with van der Waals surface area (Å²) in [7, 11) is 0. The highest BCUT2D eigenvalue weighted by Crippen LogP contribution is 2.68. The van der Waals surface area contributed by atoms with E-state index >= 15 is 0 Å². The molecule has 5 heteroatoms. The molecule has 1 amide bonds. The van der Waals surface area contributed by atoms with Crippen LogP contribution < -0.4 is 10.6 Å². The molecule has 2 fully saturated rings. The van der Waals surface area contributed by atoms with Gasteiger partial charge < -0.3 is 10.6 Å². The van der Waals surface area contributed by atoms with Gasteiger partial charge in [-0.2, -0.15) is 5.10 Å². The van der Waals surface area contributed by atoms with E-state index in [0.717, 1.165) is 43.7 Å². The molecule has 2 aliphatic rings. The highest BCUT2D eigenvalue weighted by Gasteiger charge is 2.67. The van der Waals surface area contributed by atoms with Gasteiger partial charge >= 0.3 is 0 Å². The first kappa shape index (κ1) is 15.5. The molecule has 1 unspecified atom stereocenters. The maximum absolute atomic E-state index is 12.6. The SMILES string of the molecule is CC(C)(C)c1cc(CNC(=O)C2(C)CC23CCNCC3)[nH]n1. The van der Waals surface area contributed by atoms with Gasteiger partial charge in [-0.15, -0.1) is 0 Å². The van der Waals surface area contributed by atoms with Gasteiger partial charge in [-0.3, -0.25) is 9.89 Å². The van der Waals surface area contributed by atoms with Crippen LogP contribution in [0.15, 0.2) is 6.07 Å². The summed E-state index contributed by atoms with van der Waals surface area (Å²) >= 11 is 0. The van der Waals surface area contributed by atoms with E-state index in [2.05, 4.69) is 54.6 Å². The highest BCUT2D eigenvalue weighted by molar-refractivity contribution is 5.86. The van der Waals surface area contributed by atoms with Crippen LogP contribution in [0.25, 0.3) is 0 Å². The summed E-state index contributed by atoms with van der Waals surface area (Å²) < 4.78 is 0. The Morgan fingerprint density at radius 1 is 1.36 bits per heavy atom. The van der Waals surface area contributed by atoms with Gasteiger partial charge in [0.15, 0.2) is 0 Å². The molecule has 0 aromatic carbocycles. The Kier molecular flexibility index (Phi) is 3.59. The van der Waals surface area contributed by atoms with Crippen molar-refractivity contribution < 1.29 is 4.79 Å². The fourth-order valence-corrected chi connectivity index (χ4v) is 3.79. The van der Waals surface area contributed by atoms with E-state index in [1.54, 1.807) is 0 Å².